The van der Waals surface area contributed by atoms with Crippen LogP contribution in [-0.4, -0.2) is 18.8 Å². The largest absolute Gasteiger partial charge is 0.377 e. The van der Waals surface area contributed by atoms with Crippen molar-refractivity contribution >= 4 is 0 Å². The van der Waals surface area contributed by atoms with E-state index in [1.54, 1.807) is 0 Å². The molecule has 0 saturated heterocycles. The van der Waals surface area contributed by atoms with Gasteiger partial charge in [-0.05, 0) is 31.6 Å². The summed E-state index contributed by atoms with van der Waals surface area (Å²) in [5.74, 6) is 0.949. The number of ether oxygens (including phenoxy) is 1. The molecule has 0 amide bonds. The van der Waals surface area contributed by atoms with E-state index >= 15 is 0 Å². The minimum absolute atomic E-state index is 0.0225. The molecule has 17 heavy (non-hydrogen) atoms. The third kappa shape index (κ3) is 3.23. The summed E-state index contributed by atoms with van der Waals surface area (Å²) >= 11 is 0. The number of rotatable bonds is 5. The zero-order valence-electron chi connectivity index (χ0n) is 11.4. The van der Waals surface area contributed by atoms with Gasteiger partial charge in [-0.15, -0.1) is 0 Å². The van der Waals surface area contributed by atoms with Gasteiger partial charge in [0.2, 0.25) is 0 Å². The molecule has 2 nitrogen and oxygen atoms in total. The maximum Gasteiger partial charge on any atom is 0.0828 e. The minimum atomic E-state index is 0.0225. The lowest BCUT2D eigenvalue weighted by Crippen LogP contribution is -2.47. The Hall–Kier alpha value is -0.0800. The summed E-state index contributed by atoms with van der Waals surface area (Å²) in [6.45, 7) is 0. The second kappa shape index (κ2) is 6.19. The van der Waals surface area contributed by atoms with E-state index in [1.165, 1.54) is 70.6 Å². The highest BCUT2D eigenvalue weighted by atomic mass is 16.5. The molecule has 0 heterocycles. The van der Waals surface area contributed by atoms with Crippen molar-refractivity contribution in [3.05, 3.63) is 0 Å². The lowest BCUT2D eigenvalue weighted by molar-refractivity contribution is -0.0289. The van der Waals surface area contributed by atoms with Gasteiger partial charge in [0.05, 0.1) is 5.60 Å². The van der Waals surface area contributed by atoms with Crippen molar-refractivity contribution in [2.75, 3.05) is 7.11 Å². The Morgan fingerprint density at radius 2 is 1.76 bits per heavy atom. The van der Waals surface area contributed by atoms with Gasteiger partial charge in [-0.2, -0.15) is 0 Å². The van der Waals surface area contributed by atoms with Crippen LogP contribution >= 0.6 is 0 Å². The average molecular weight is 239 g/mol. The Morgan fingerprint density at radius 3 is 2.35 bits per heavy atom. The number of methoxy groups -OCH3 is 1. The SMILES string of the molecule is COC1(C(N)CCC2CCCCC2)CCCC1. The Balaban J connectivity index is 1.77. The van der Waals surface area contributed by atoms with Crippen LogP contribution in [0.4, 0.5) is 0 Å². The van der Waals surface area contributed by atoms with E-state index in [-0.39, 0.29) is 11.6 Å². The number of hydrogen-bond acceptors (Lipinski definition) is 2. The van der Waals surface area contributed by atoms with Crippen molar-refractivity contribution in [3.63, 3.8) is 0 Å². The van der Waals surface area contributed by atoms with Gasteiger partial charge >= 0.3 is 0 Å². The van der Waals surface area contributed by atoms with Crippen LogP contribution in [0.15, 0.2) is 0 Å². The molecule has 2 saturated carbocycles. The number of hydrogen-bond donors (Lipinski definition) is 1. The van der Waals surface area contributed by atoms with Crippen LogP contribution in [0.25, 0.3) is 0 Å². The van der Waals surface area contributed by atoms with Crippen LogP contribution in [0.2, 0.25) is 0 Å². The van der Waals surface area contributed by atoms with E-state index in [0.29, 0.717) is 0 Å². The highest BCUT2D eigenvalue weighted by molar-refractivity contribution is 4.95. The summed E-state index contributed by atoms with van der Waals surface area (Å²) in [7, 11) is 1.85. The first kappa shape index (κ1) is 13.4. The third-order valence-corrected chi connectivity index (χ3v) is 5.14. The third-order valence-electron chi connectivity index (χ3n) is 5.14. The van der Waals surface area contributed by atoms with E-state index in [0.717, 1.165) is 5.92 Å². The molecule has 0 aliphatic heterocycles. The van der Waals surface area contributed by atoms with E-state index in [9.17, 15) is 0 Å². The Kier molecular flexibility index (Phi) is 4.87. The smallest absolute Gasteiger partial charge is 0.0828 e. The summed E-state index contributed by atoms with van der Waals surface area (Å²) in [5.41, 5.74) is 6.44. The molecule has 2 heteroatoms. The van der Waals surface area contributed by atoms with Crippen molar-refractivity contribution in [2.45, 2.75) is 82.3 Å². The predicted molar refractivity (Wildman–Crippen MR) is 72.0 cm³/mol. The topological polar surface area (TPSA) is 35.2 Å². The second-order valence-electron chi connectivity index (χ2n) is 6.16. The van der Waals surface area contributed by atoms with E-state index in [4.69, 9.17) is 10.5 Å². The van der Waals surface area contributed by atoms with Crippen LogP contribution in [0.1, 0.15) is 70.6 Å². The van der Waals surface area contributed by atoms with Gasteiger partial charge in [0.25, 0.3) is 0 Å². The van der Waals surface area contributed by atoms with Crippen molar-refractivity contribution < 1.29 is 4.74 Å². The minimum Gasteiger partial charge on any atom is -0.377 e. The standard InChI is InChI=1S/C15H29NO/c1-17-15(11-5-6-12-15)14(16)10-9-13-7-3-2-4-8-13/h13-14H,2-12,16H2,1H3. The fourth-order valence-corrected chi connectivity index (χ4v) is 3.85. The molecule has 0 aromatic heterocycles. The van der Waals surface area contributed by atoms with E-state index < -0.39 is 0 Å². The fraction of sp³-hybridized carbons (Fsp3) is 1.00. The van der Waals surface area contributed by atoms with Crippen LogP contribution in [0, 0.1) is 5.92 Å². The molecule has 2 aliphatic rings. The summed E-state index contributed by atoms with van der Waals surface area (Å²) in [5, 5.41) is 0. The molecule has 0 radical (unpaired) electrons. The van der Waals surface area contributed by atoms with E-state index in [1.807, 2.05) is 7.11 Å². The van der Waals surface area contributed by atoms with Crippen LogP contribution in [-0.2, 0) is 4.74 Å². The first-order valence-electron chi connectivity index (χ1n) is 7.57. The highest BCUT2D eigenvalue weighted by Crippen LogP contribution is 2.37. The van der Waals surface area contributed by atoms with E-state index in [2.05, 4.69) is 0 Å². The molecule has 2 N–H and O–H groups in total. The Labute approximate surface area is 106 Å². The molecule has 2 aliphatic carbocycles. The first-order chi connectivity index (χ1) is 8.27. The molecule has 1 atom stereocenters. The monoisotopic (exact) mass is 239 g/mol. The normalized spacial score (nSPS) is 27.2. The lowest BCUT2D eigenvalue weighted by atomic mass is 9.82. The highest BCUT2D eigenvalue weighted by Gasteiger charge is 2.39. The molecule has 0 aromatic rings. The molecule has 2 fully saturated rings. The average Bonchev–Trinajstić information content (AvgIpc) is 2.87. The Morgan fingerprint density at radius 1 is 1.12 bits per heavy atom. The van der Waals surface area contributed by atoms with Gasteiger partial charge in [-0.25, -0.2) is 0 Å². The molecular weight excluding hydrogens is 210 g/mol. The summed E-state index contributed by atoms with van der Waals surface area (Å²) < 4.78 is 5.78. The van der Waals surface area contributed by atoms with Gasteiger partial charge < -0.3 is 10.5 Å². The van der Waals surface area contributed by atoms with Crippen LogP contribution in [0.5, 0.6) is 0 Å². The molecule has 100 valence electrons. The summed E-state index contributed by atoms with van der Waals surface area (Å²) in [4.78, 5) is 0. The van der Waals surface area contributed by atoms with Gasteiger partial charge in [0.1, 0.15) is 0 Å². The van der Waals surface area contributed by atoms with Crippen molar-refractivity contribution in [3.8, 4) is 0 Å². The Bertz CT molecular complexity index is 217. The molecule has 2 rings (SSSR count). The molecular formula is C15H29NO. The van der Waals surface area contributed by atoms with Crippen LogP contribution in [0.3, 0.4) is 0 Å². The van der Waals surface area contributed by atoms with Crippen molar-refractivity contribution in [1.82, 2.24) is 0 Å². The van der Waals surface area contributed by atoms with Gasteiger partial charge in [0.15, 0.2) is 0 Å². The zero-order chi connectivity index (χ0) is 12.1. The van der Waals surface area contributed by atoms with Crippen LogP contribution < -0.4 is 5.73 Å². The number of nitrogens with two attached hydrogens (primary N) is 1. The molecule has 1 unspecified atom stereocenters. The maximum atomic E-state index is 6.42. The first-order valence-corrected chi connectivity index (χ1v) is 7.57. The summed E-state index contributed by atoms with van der Waals surface area (Å²) in [6, 6.07) is 0.261. The van der Waals surface area contributed by atoms with Crippen molar-refractivity contribution in [1.29, 1.82) is 0 Å². The fourth-order valence-electron chi connectivity index (χ4n) is 3.85. The second-order valence-corrected chi connectivity index (χ2v) is 6.16. The molecule has 0 bridgehead atoms. The predicted octanol–water partition coefficient (Wildman–Crippen LogP) is 3.63. The van der Waals surface area contributed by atoms with Gasteiger partial charge in [-0.1, -0.05) is 44.9 Å². The van der Waals surface area contributed by atoms with Crippen molar-refractivity contribution in [2.24, 2.45) is 11.7 Å². The lowest BCUT2D eigenvalue weighted by Gasteiger charge is -2.35. The maximum absolute atomic E-state index is 6.42. The van der Waals surface area contributed by atoms with Gasteiger partial charge in [0, 0.05) is 13.2 Å². The molecule has 0 aromatic carbocycles. The molecule has 0 spiro atoms. The summed E-state index contributed by atoms with van der Waals surface area (Å²) in [6.07, 6.45) is 14.6. The quantitative estimate of drug-likeness (QED) is 0.795. The van der Waals surface area contributed by atoms with Gasteiger partial charge in [-0.3, -0.25) is 0 Å². The zero-order valence-corrected chi connectivity index (χ0v) is 11.4.